The van der Waals surface area contributed by atoms with Gasteiger partial charge in [-0.2, -0.15) is 5.10 Å². The van der Waals surface area contributed by atoms with Crippen molar-refractivity contribution in [1.29, 1.82) is 0 Å². The Morgan fingerprint density at radius 3 is 2.69 bits per heavy atom. The third-order valence-corrected chi connectivity index (χ3v) is 5.13. The molecule has 0 unspecified atom stereocenters. The Bertz CT molecular complexity index is 699. The summed E-state index contributed by atoms with van der Waals surface area (Å²) in [6.45, 7) is 6.75. The average Bonchev–Trinajstić information content (AvgIpc) is 2.89. The van der Waals surface area contributed by atoms with Crippen LogP contribution in [-0.2, 0) is 23.0 Å². The third-order valence-electron chi connectivity index (χ3n) is 5.13. The van der Waals surface area contributed by atoms with Gasteiger partial charge in [0.05, 0.1) is 17.9 Å². The Kier molecular flexibility index (Phi) is 5.34. The number of nitrogens with zero attached hydrogens (tertiary/aromatic N) is 5. The molecule has 3 heterocycles. The summed E-state index contributed by atoms with van der Waals surface area (Å²) in [7, 11) is 5.82. The number of rotatable bonds is 4. The lowest BCUT2D eigenvalue weighted by Gasteiger charge is -2.35. The fourth-order valence-corrected chi connectivity index (χ4v) is 3.80. The molecule has 0 radical (unpaired) electrons. The number of hydrogen-bond acceptors (Lipinski definition) is 5. The second-order valence-corrected chi connectivity index (χ2v) is 7.54. The van der Waals surface area contributed by atoms with E-state index < -0.39 is 0 Å². The quantitative estimate of drug-likeness (QED) is 0.769. The van der Waals surface area contributed by atoms with Crippen LogP contribution >= 0.6 is 0 Å². The monoisotopic (exact) mass is 363 g/mol. The van der Waals surface area contributed by atoms with Crippen LogP contribution in [0.5, 0.6) is 0 Å². The zero-order valence-corrected chi connectivity index (χ0v) is 16.4. The molecule has 0 saturated carbocycles. The van der Waals surface area contributed by atoms with E-state index in [4.69, 9.17) is 4.74 Å². The molecule has 26 heavy (non-hydrogen) atoms. The second-order valence-electron chi connectivity index (χ2n) is 7.54. The Hall–Kier alpha value is -1.93. The first kappa shape index (κ1) is 18.8. The van der Waals surface area contributed by atoms with Gasteiger partial charge >= 0.3 is 0 Å². The standard InChI is InChI=1S/C18H29N5O3/c1-12-10-14-16(19-21(5)17(14)13(2)26-12)18(25)23-9-8-22(15(24)11-23)7-6-20(3)4/h12-13H,6-11H2,1-5H3/t12-,13+/m1/s1. The summed E-state index contributed by atoms with van der Waals surface area (Å²) in [5, 5.41) is 4.47. The molecule has 1 fully saturated rings. The summed E-state index contributed by atoms with van der Waals surface area (Å²) in [5.41, 5.74) is 2.40. The molecular formula is C18H29N5O3. The summed E-state index contributed by atoms with van der Waals surface area (Å²) in [5.74, 6) is -0.148. The number of carbonyl (C=O) groups excluding carboxylic acids is 2. The lowest BCUT2D eigenvalue weighted by Crippen LogP contribution is -2.53. The largest absolute Gasteiger partial charge is 0.369 e. The van der Waals surface area contributed by atoms with Crippen molar-refractivity contribution in [1.82, 2.24) is 24.5 Å². The van der Waals surface area contributed by atoms with Gasteiger partial charge in [0.25, 0.3) is 5.91 Å². The van der Waals surface area contributed by atoms with Crippen molar-refractivity contribution in [3.05, 3.63) is 17.0 Å². The van der Waals surface area contributed by atoms with Gasteiger partial charge in [-0.05, 0) is 27.9 Å². The molecule has 2 amide bonds. The Labute approximate surface area is 154 Å². The van der Waals surface area contributed by atoms with E-state index in [1.165, 1.54) is 0 Å². The lowest BCUT2D eigenvalue weighted by atomic mass is 9.99. The molecule has 3 rings (SSSR count). The van der Waals surface area contributed by atoms with Gasteiger partial charge in [-0.25, -0.2) is 0 Å². The van der Waals surface area contributed by atoms with Crippen molar-refractivity contribution in [2.45, 2.75) is 32.5 Å². The summed E-state index contributed by atoms with van der Waals surface area (Å²) in [6.07, 6.45) is 0.640. The van der Waals surface area contributed by atoms with Gasteiger partial charge in [0.2, 0.25) is 5.91 Å². The van der Waals surface area contributed by atoms with Crippen molar-refractivity contribution in [3.63, 3.8) is 0 Å². The van der Waals surface area contributed by atoms with Crippen LogP contribution in [0.15, 0.2) is 0 Å². The van der Waals surface area contributed by atoms with E-state index in [1.54, 1.807) is 9.58 Å². The molecule has 0 aliphatic carbocycles. The average molecular weight is 363 g/mol. The van der Waals surface area contributed by atoms with Crippen molar-refractivity contribution in [2.24, 2.45) is 7.05 Å². The van der Waals surface area contributed by atoms with Gasteiger partial charge in [-0.15, -0.1) is 0 Å². The predicted molar refractivity (Wildman–Crippen MR) is 96.9 cm³/mol. The zero-order chi connectivity index (χ0) is 19.0. The topological polar surface area (TPSA) is 70.9 Å². The third kappa shape index (κ3) is 3.61. The van der Waals surface area contributed by atoms with Gasteiger partial charge in [0, 0.05) is 45.2 Å². The van der Waals surface area contributed by atoms with Gasteiger partial charge in [-0.1, -0.05) is 0 Å². The highest BCUT2D eigenvalue weighted by atomic mass is 16.5. The first-order valence-corrected chi connectivity index (χ1v) is 9.21. The highest BCUT2D eigenvalue weighted by Crippen LogP contribution is 2.32. The number of ether oxygens (including phenoxy) is 1. The van der Waals surface area contributed by atoms with Crippen LogP contribution in [0.2, 0.25) is 0 Å². The second kappa shape index (κ2) is 7.36. The maximum Gasteiger partial charge on any atom is 0.275 e. The number of piperazine rings is 1. The molecule has 8 nitrogen and oxygen atoms in total. The van der Waals surface area contributed by atoms with Crippen LogP contribution in [0, 0.1) is 0 Å². The van der Waals surface area contributed by atoms with Crippen molar-refractivity contribution in [2.75, 3.05) is 46.8 Å². The van der Waals surface area contributed by atoms with Crippen LogP contribution < -0.4 is 0 Å². The van der Waals surface area contributed by atoms with Crippen molar-refractivity contribution in [3.8, 4) is 0 Å². The molecule has 1 aromatic heterocycles. The van der Waals surface area contributed by atoms with Crippen molar-refractivity contribution >= 4 is 11.8 Å². The van der Waals surface area contributed by atoms with E-state index in [2.05, 4.69) is 10.00 Å². The number of hydrogen-bond donors (Lipinski definition) is 0. The lowest BCUT2D eigenvalue weighted by molar-refractivity contribution is -0.135. The molecule has 144 valence electrons. The van der Waals surface area contributed by atoms with Gasteiger partial charge in [0.1, 0.15) is 6.54 Å². The maximum absolute atomic E-state index is 13.0. The number of aryl methyl sites for hydroxylation is 1. The Morgan fingerprint density at radius 2 is 2.04 bits per heavy atom. The first-order chi connectivity index (χ1) is 12.3. The maximum atomic E-state index is 13.0. The van der Waals surface area contributed by atoms with Crippen molar-refractivity contribution < 1.29 is 14.3 Å². The van der Waals surface area contributed by atoms with Crippen LogP contribution in [0.1, 0.15) is 41.7 Å². The number of amides is 2. The normalized spacial score (nSPS) is 23.5. The molecule has 2 atom stereocenters. The molecule has 1 aromatic rings. The molecule has 0 N–H and O–H groups in total. The summed E-state index contributed by atoms with van der Waals surface area (Å²) in [6, 6.07) is 0. The van der Waals surface area contributed by atoms with Gasteiger partial charge in [-0.3, -0.25) is 14.3 Å². The van der Waals surface area contributed by atoms with Gasteiger partial charge < -0.3 is 19.4 Å². The van der Waals surface area contributed by atoms with E-state index >= 15 is 0 Å². The van der Waals surface area contributed by atoms with Gasteiger partial charge in [0.15, 0.2) is 5.69 Å². The SMILES string of the molecule is C[C@@H]1Cc2c(C(=O)N3CCN(CCN(C)C)C(=O)C3)nn(C)c2[C@H](C)O1. The highest BCUT2D eigenvalue weighted by molar-refractivity contribution is 5.97. The first-order valence-electron chi connectivity index (χ1n) is 9.21. The molecule has 0 aromatic carbocycles. The zero-order valence-electron chi connectivity index (χ0n) is 16.4. The molecule has 0 spiro atoms. The number of likely N-dealkylation sites (N-methyl/N-ethyl adjacent to an activating group) is 1. The summed E-state index contributed by atoms with van der Waals surface area (Å²) in [4.78, 5) is 31.0. The fraction of sp³-hybridized carbons (Fsp3) is 0.722. The van der Waals surface area contributed by atoms with Crippen LogP contribution in [0.3, 0.4) is 0 Å². The van der Waals surface area contributed by atoms with E-state index in [0.29, 0.717) is 31.7 Å². The molecule has 0 bridgehead atoms. The summed E-state index contributed by atoms with van der Waals surface area (Å²) >= 11 is 0. The van der Waals surface area contributed by atoms with E-state index in [9.17, 15) is 9.59 Å². The molecule has 2 aliphatic rings. The van der Waals surface area contributed by atoms with E-state index in [1.807, 2.05) is 39.9 Å². The number of carbonyl (C=O) groups is 2. The summed E-state index contributed by atoms with van der Waals surface area (Å²) < 4.78 is 7.60. The van der Waals surface area contributed by atoms with Crippen LogP contribution in [0.25, 0.3) is 0 Å². The van der Waals surface area contributed by atoms with Crippen LogP contribution in [0.4, 0.5) is 0 Å². The predicted octanol–water partition coefficient (Wildman–Crippen LogP) is 0.288. The Balaban J connectivity index is 1.73. The van der Waals surface area contributed by atoms with Crippen LogP contribution in [-0.4, -0.2) is 89.2 Å². The van der Waals surface area contributed by atoms with E-state index in [-0.39, 0.29) is 30.6 Å². The smallest absolute Gasteiger partial charge is 0.275 e. The minimum atomic E-state index is -0.149. The minimum absolute atomic E-state index is 0.00122. The van der Waals surface area contributed by atoms with E-state index in [0.717, 1.165) is 17.8 Å². The number of aromatic nitrogens is 2. The highest BCUT2D eigenvalue weighted by Gasteiger charge is 2.35. The minimum Gasteiger partial charge on any atom is -0.369 e. The molecule has 2 aliphatic heterocycles. The number of fused-ring (bicyclic) bond motifs is 1. The molecule has 8 heteroatoms. The Morgan fingerprint density at radius 1 is 1.31 bits per heavy atom. The fourth-order valence-electron chi connectivity index (χ4n) is 3.80. The molecule has 1 saturated heterocycles. The molecular weight excluding hydrogens is 334 g/mol.